The Balaban J connectivity index is 2.47. The molecule has 1 N–H and O–H groups in total. The Kier molecular flexibility index (Phi) is 4.81. The maximum atomic E-state index is 3.98. The zero-order valence-electron chi connectivity index (χ0n) is 10.6. The van der Waals surface area contributed by atoms with Gasteiger partial charge in [0.15, 0.2) is 0 Å². The first-order valence-corrected chi connectivity index (χ1v) is 6.16. The number of nitrogens with one attached hydrogen (secondary N) is 1. The van der Waals surface area contributed by atoms with E-state index in [0.29, 0.717) is 5.54 Å². The molecular weight excluding hydrogens is 184 g/mol. The standard InChI is InChI=1S/C13H26N2/c1-5-7-13(8-6-9-14-13)11-15(4)10-12(2)3/h14H,2,5-11H2,1,3-4H3. The minimum atomic E-state index is 0.388. The molecule has 0 radical (unpaired) electrons. The van der Waals surface area contributed by atoms with Crippen LogP contribution in [0.4, 0.5) is 0 Å². The van der Waals surface area contributed by atoms with Crippen LogP contribution in [0.2, 0.25) is 0 Å². The highest BCUT2D eigenvalue weighted by molar-refractivity contribution is 4.98. The molecule has 0 spiro atoms. The van der Waals surface area contributed by atoms with Crippen molar-refractivity contribution in [1.82, 2.24) is 10.2 Å². The van der Waals surface area contributed by atoms with Crippen LogP contribution in [0, 0.1) is 0 Å². The molecule has 1 fully saturated rings. The summed E-state index contributed by atoms with van der Waals surface area (Å²) in [4.78, 5) is 2.40. The van der Waals surface area contributed by atoms with E-state index >= 15 is 0 Å². The molecule has 1 saturated heterocycles. The molecule has 88 valence electrons. The normalized spacial score (nSPS) is 26.1. The van der Waals surface area contributed by atoms with Crippen LogP contribution in [0.15, 0.2) is 12.2 Å². The molecule has 1 heterocycles. The largest absolute Gasteiger partial charge is 0.310 e. The summed E-state index contributed by atoms with van der Waals surface area (Å²) in [5.41, 5.74) is 1.64. The molecule has 0 aromatic rings. The van der Waals surface area contributed by atoms with Crippen molar-refractivity contribution in [3.8, 4) is 0 Å². The average molecular weight is 210 g/mol. The van der Waals surface area contributed by atoms with Crippen molar-refractivity contribution >= 4 is 0 Å². The average Bonchev–Trinajstić information content (AvgIpc) is 2.51. The molecule has 0 aromatic carbocycles. The van der Waals surface area contributed by atoms with Gasteiger partial charge in [0.2, 0.25) is 0 Å². The van der Waals surface area contributed by atoms with Crippen LogP contribution in [-0.4, -0.2) is 37.1 Å². The quantitative estimate of drug-likeness (QED) is 0.677. The van der Waals surface area contributed by atoms with E-state index in [4.69, 9.17) is 0 Å². The van der Waals surface area contributed by atoms with Crippen LogP contribution in [0.1, 0.15) is 39.5 Å². The van der Waals surface area contributed by atoms with E-state index in [2.05, 4.69) is 37.7 Å². The maximum Gasteiger partial charge on any atom is 0.0309 e. The van der Waals surface area contributed by atoms with E-state index in [0.717, 1.165) is 13.1 Å². The van der Waals surface area contributed by atoms with Gasteiger partial charge in [-0.2, -0.15) is 0 Å². The SMILES string of the molecule is C=C(C)CN(C)CC1(CCC)CCCN1. The van der Waals surface area contributed by atoms with Crippen molar-refractivity contribution in [1.29, 1.82) is 0 Å². The molecule has 2 nitrogen and oxygen atoms in total. The van der Waals surface area contributed by atoms with E-state index in [1.807, 2.05) is 0 Å². The van der Waals surface area contributed by atoms with Crippen molar-refractivity contribution < 1.29 is 0 Å². The molecular formula is C13H26N2. The highest BCUT2D eigenvalue weighted by atomic mass is 15.2. The van der Waals surface area contributed by atoms with Crippen LogP contribution in [0.25, 0.3) is 0 Å². The van der Waals surface area contributed by atoms with Gasteiger partial charge in [-0.05, 0) is 39.8 Å². The second-order valence-corrected chi connectivity index (χ2v) is 5.19. The monoisotopic (exact) mass is 210 g/mol. The molecule has 1 atom stereocenters. The van der Waals surface area contributed by atoms with Crippen LogP contribution < -0.4 is 5.32 Å². The van der Waals surface area contributed by atoms with E-state index in [1.165, 1.54) is 37.8 Å². The zero-order valence-corrected chi connectivity index (χ0v) is 10.6. The van der Waals surface area contributed by atoms with Gasteiger partial charge >= 0.3 is 0 Å². The smallest absolute Gasteiger partial charge is 0.0309 e. The molecule has 1 aliphatic heterocycles. The van der Waals surface area contributed by atoms with Crippen LogP contribution in [-0.2, 0) is 0 Å². The number of hydrogen-bond acceptors (Lipinski definition) is 2. The summed E-state index contributed by atoms with van der Waals surface area (Å²) >= 11 is 0. The third kappa shape index (κ3) is 3.96. The van der Waals surface area contributed by atoms with Gasteiger partial charge in [-0.1, -0.05) is 25.5 Å². The lowest BCUT2D eigenvalue weighted by molar-refractivity contribution is 0.224. The van der Waals surface area contributed by atoms with Gasteiger partial charge in [0.1, 0.15) is 0 Å². The van der Waals surface area contributed by atoms with Crippen molar-refractivity contribution in [2.24, 2.45) is 0 Å². The van der Waals surface area contributed by atoms with Crippen molar-refractivity contribution in [2.45, 2.75) is 45.1 Å². The Morgan fingerprint density at radius 1 is 1.53 bits per heavy atom. The van der Waals surface area contributed by atoms with E-state index in [-0.39, 0.29) is 0 Å². The number of nitrogens with zero attached hydrogens (tertiary/aromatic N) is 1. The lowest BCUT2D eigenvalue weighted by atomic mass is 9.91. The topological polar surface area (TPSA) is 15.3 Å². The fourth-order valence-electron chi connectivity index (χ4n) is 2.81. The molecule has 1 rings (SSSR count). The van der Waals surface area contributed by atoms with Gasteiger partial charge in [-0.25, -0.2) is 0 Å². The third-order valence-corrected chi connectivity index (χ3v) is 3.17. The summed E-state index contributed by atoms with van der Waals surface area (Å²) in [5, 5.41) is 3.70. The first-order valence-electron chi connectivity index (χ1n) is 6.16. The minimum absolute atomic E-state index is 0.388. The second-order valence-electron chi connectivity index (χ2n) is 5.19. The Labute approximate surface area is 94.7 Å². The molecule has 1 unspecified atom stereocenters. The van der Waals surface area contributed by atoms with Gasteiger partial charge < -0.3 is 10.2 Å². The molecule has 15 heavy (non-hydrogen) atoms. The van der Waals surface area contributed by atoms with Gasteiger partial charge in [-0.15, -0.1) is 0 Å². The van der Waals surface area contributed by atoms with Gasteiger partial charge in [0.25, 0.3) is 0 Å². The second kappa shape index (κ2) is 5.66. The highest BCUT2D eigenvalue weighted by Gasteiger charge is 2.33. The highest BCUT2D eigenvalue weighted by Crippen LogP contribution is 2.25. The summed E-state index contributed by atoms with van der Waals surface area (Å²) < 4.78 is 0. The lowest BCUT2D eigenvalue weighted by Gasteiger charge is -2.34. The van der Waals surface area contributed by atoms with Crippen LogP contribution in [0.5, 0.6) is 0 Å². The predicted molar refractivity (Wildman–Crippen MR) is 67.2 cm³/mol. The summed E-state index contributed by atoms with van der Waals surface area (Å²) in [7, 11) is 2.20. The first-order chi connectivity index (χ1) is 7.08. The summed E-state index contributed by atoms with van der Waals surface area (Å²) in [6, 6.07) is 0. The zero-order chi connectivity index (χ0) is 11.3. The summed E-state index contributed by atoms with van der Waals surface area (Å²) in [5.74, 6) is 0. The van der Waals surface area contributed by atoms with Crippen molar-refractivity contribution in [3.05, 3.63) is 12.2 Å². The lowest BCUT2D eigenvalue weighted by Crippen LogP contribution is -2.49. The first kappa shape index (κ1) is 12.7. The Morgan fingerprint density at radius 2 is 2.27 bits per heavy atom. The molecule has 0 amide bonds. The molecule has 0 aliphatic carbocycles. The van der Waals surface area contributed by atoms with E-state index in [1.54, 1.807) is 0 Å². The Bertz CT molecular complexity index is 205. The maximum absolute atomic E-state index is 3.98. The van der Waals surface area contributed by atoms with Crippen LogP contribution in [0.3, 0.4) is 0 Å². The summed E-state index contributed by atoms with van der Waals surface area (Å²) in [6.07, 6.45) is 5.24. The van der Waals surface area contributed by atoms with Crippen molar-refractivity contribution in [3.63, 3.8) is 0 Å². The Hall–Kier alpha value is -0.340. The Morgan fingerprint density at radius 3 is 2.73 bits per heavy atom. The van der Waals surface area contributed by atoms with Crippen LogP contribution >= 0.6 is 0 Å². The van der Waals surface area contributed by atoms with E-state index in [9.17, 15) is 0 Å². The molecule has 0 aromatic heterocycles. The number of likely N-dealkylation sites (N-methyl/N-ethyl adjacent to an activating group) is 1. The fourth-order valence-corrected chi connectivity index (χ4v) is 2.81. The van der Waals surface area contributed by atoms with Gasteiger partial charge in [0.05, 0.1) is 0 Å². The third-order valence-electron chi connectivity index (χ3n) is 3.17. The fraction of sp³-hybridized carbons (Fsp3) is 0.846. The molecule has 0 saturated carbocycles. The van der Waals surface area contributed by atoms with Gasteiger partial charge in [0, 0.05) is 18.6 Å². The predicted octanol–water partition coefficient (Wildman–Crippen LogP) is 2.42. The van der Waals surface area contributed by atoms with E-state index < -0.39 is 0 Å². The number of hydrogen-bond donors (Lipinski definition) is 1. The molecule has 0 bridgehead atoms. The number of rotatable bonds is 6. The van der Waals surface area contributed by atoms with Gasteiger partial charge in [-0.3, -0.25) is 0 Å². The molecule has 2 heteroatoms. The van der Waals surface area contributed by atoms with Crippen molar-refractivity contribution in [2.75, 3.05) is 26.7 Å². The molecule has 1 aliphatic rings. The minimum Gasteiger partial charge on any atom is -0.310 e. The summed E-state index contributed by atoms with van der Waals surface area (Å²) in [6.45, 7) is 11.7.